The van der Waals surface area contributed by atoms with Crippen LogP contribution < -0.4 is 21.1 Å². The Hall–Kier alpha value is -4.50. The molecule has 0 bridgehead atoms. The van der Waals surface area contributed by atoms with Crippen LogP contribution >= 0.6 is 0 Å². The van der Waals surface area contributed by atoms with Gasteiger partial charge in [-0.3, -0.25) is 10.1 Å². The highest BCUT2D eigenvalue weighted by Crippen LogP contribution is 2.33. The van der Waals surface area contributed by atoms with Crippen molar-refractivity contribution in [2.45, 2.75) is 25.0 Å². The normalized spacial score (nSPS) is 12.5. The number of hydrogen-bond acceptors (Lipinski definition) is 7. The zero-order valence-corrected chi connectivity index (χ0v) is 20.7. The summed E-state index contributed by atoms with van der Waals surface area (Å²) in [6.45, 7) is 0. The maximum absolute atomic E-state index is 12.7. The average molecular weight is 506 g/mol. The summed E-state index contributed by atoms with van der Waals surface area (Å²) in [4.78, 5) is 24.9. The van der Waals surface area contributed by atoms with Crippen molar-refractivity contribution in [3.05, 3.63) is 90.5 Å². The van der Waals surface area contributed by atoms with Crippen LogP contribution in [0.15, 0.2) is 84.9 Å². The Labute approximate surface area is 215 Å². The van der Waals surface area contributed by atoms with Gasteiger partial charge >= 0.3 is 6.09 Å². The number of carbonyl (C=O) groups is 2. The van der Waals surface area contributed by atoms with Crippen LogP contribution in [0.3, 0.4) is 0 Å². The van der Waals surface area contributed by atoms with E-state index in [1.54, 1.807) is 66.7 Å². The lowest BCUT2D eigenvalue weighted by Gasteiger charge is -2.26. The van der Waals surface area contributed by atoms with Gasteiger partial charge in [-0.1, -0.05) is 42.5 Å². The number of methoxy groups -OCH3 is 2. The fourth-order valence-electron chi connectivity index (χ4n) is 3.66. The predicted molar refractivity (Wildman–Crippen MR) is 143 cm³/mol. The first-order chi connectivity index (χ1) is 17.9. The summed E-state index contributed by atoms with van der Waals surface area (Å²) in [6, 6.07) is 20.6. The van der Waals surface area contributed by atoms with Gasteiger partial charge in [0.05, 0.1) is 24.6 Å². The predicted octanol–water partition coefficient (Wildman–Crippen LogP) is 5.26. The second-order valence-electron chi connectivity index (χ2n) is 8.08. The van der Waals surface area contributed by atoms with E-state index in [9.17, 15) is 14.7 Å². The molecule has 0 fully saturated rings. The summed E-state index contributed by atoms with van der Waals surface area (Å²) in [5.74, 6) is -0.121. The first-order valence-corrected chi connectivity index (χ1v) is 11.7. The lowest BCUT2D eigenvalue weighted by Crippen LogP contribution is -2.28. The van der Waals surface area contributed by atoms with E-state index in [1.165, 1.54) is 26.4 Å². The highest BCUT2D eigenvalue weighted by Gasteiger charge is 2.28. The lowest BCUT2D eigenvalue weighted by atomic mass is 9.99. The molecule has 9 heteroatoms. The molecule has 0 saturated carbocycles. The van der Waals surface area contributed by atoms with Crippen LogP contribution in [0.25, 0.3) is 0 Å². The van der Waals surface area contributed by atoms with Crippen molar-refractivity contribution in [3.63, 3.8) is 0 Å². The Morgan fingerprint density at radius 1 is 1.00 bits per heavy atom. The van der Waals surface area contributed by atoms with Crippen LogP contribution in [0, 0.1) is 0 Å². The zero-order chi connectivity index (χ0) is 26.6. The summed E-state index contributed by atoms with van der Waals surface area (Å²) in [5, 5.41) is 15.7. The zero-order valence-electron chi connectivity index (χ0n) is 20.7. The van der Waals surface area contributed by atoms with E-state index in [2.05, 4.69) is 10.6 Å². The van der Waals surface area contributed by atoms with Gasteiger partial charge in [-0.2, -0.15) is 0 Å². The van der Waals surface area contributed by atoms with E-state index >= 15 is 0 Å². The van der Waals surface area contributed by atoms with Crippen LogP contribution in [0.2, 0.25) is 0 Å². The molecule has 0 unspecified atom stereocenters. The number of aromatic hydroxyl groups is 1. The Balaban J connectivity index is 1.69. The minimum Gasteiger partial charge on any atom is -0.504 e. The van der Waals surface area contributed by atoms with Gasteiger partial charge in [-0.25, -0.2) is 4.79 Å². The number of phenols is 1. The summed E-state index contributed by atoms with van der Waals surface area (Å²) in [5.41, 5.74) is 7.96. The third-order valence-corrected chi connectivity index (χ3v) is 5.53. The molecule has 0 heterocycles. The van der Waals surface area contributed by atoms with Crippen LogP contribution in [0.5, 0.6) is 11.5 Å². The third kappa shape index (κ3) is 8.01. The van der Waals surface area contributed by atoms with Crippen LogP contribution in [0.1, 0.15) is 24.5 Å². The number of benzene rings is 3. The van der Waals surface area contributed by atoms with E-state index in [4.69, 9.17) is 19.9 Å². The number of rotatable bonds is 11. The largest absolute Gasteiger partial charge is 0.504 e. The van der Waals surface area contributed by atoms with Crippen molar-refractivity contribution in [2.75, 3.05) is 30.6 Å². The number of ether oxygens (including phenoxy) is 3. The van der Waals surface area contributed by atoms with Crippen molar-refractivity contribution in [2.24, 2.45) is 0 Å². The van der Waals surface area contributed by atoms with E-state index < -0.39 is 18.3 Å². The molecule has 3 rings (SSSR count). The Morgan fingerprint density at radius 2 is 1.73 bits per heavy atom. The van der Waals surface area contributed by atoms with Gasteiger partial charge in [0.2, 0.25) is 5.91 Å². The molecular formula is C28H31N3O6. The van der Waals surface area contributed by atoms with E-state index in [-0.39, 0.29) is 11.7 Å². The van der Waals surface area contributed by atoms with Gasteiger partial charge in [0.15, 0.2) is 17.6 Å². The average Bonchev–Trinajstić information content (AvgIpc) is 2.89. The topological polar surface area (TPSA) is 132 Å². The highest BCUT2D eigenvalue weighted by atomic mass is 16.6. The van der Waals surface area contributed by atoms with E-state index in [1.807, 2.05) is 6.07 Å². The molecule has 2 atom stereocenters. The number of nitrogens with two attached hydrogens (primary N) is 1. The molecule has 0 aliphatic heterocycles. The fraction of sp³-hybridized carbons (Fsp3) is 0.214. The van der Waals surface area contributed by atoms with Crippen LogP contribution in [-0.4, -0.2) is 37.4 Å². The number of amides is 2. The maximum atomic E-state index is 12.7. The highest BCUT2D eigenvalue weighted by molar-refractivity contribution is 6.01. The number of allylic oxidation sites excluding steroid dienone is 1. The van der Waals surface area contributed by atoms with Gasteiger partial charge in [0.25, 0.3) is 0 Å². The Bertz CT molecular complexity index is 1220. The Morgan fingerprint density at radius 3 is 2.41 bits per heavy atom. The van der Waals surface area contributed by atoms with Crippen molar-refractivity contribution in [1.82, 2.24) is 0 Å². The maximum Gasteiger partial charge on any atom is 0.412 e. The van der Waals surface area contributed by atoms with Gasteiger partial charge in [0, 0.05) is 12.8 Å². The van der Waals surface area contributed by atoms with Crippen LogP contribution in [-0.2, 0) is 14.3 Å². The van der Waals surface area contributed by atoms with Crippen molar-refractivity contribution >= 4 is 29.1 Å². The van der Waals surface area contributed by atoms with Gasteiger partial charge in [-0.15, -0.1) is 0 Å². The fourth-order valence-corrected chi connectivity index (χ4v) is 3.66. The molecule has 0 aromatic heterocycles. The second kappa shape index (κ2) is 13.6. The van der Waals surface area contributed by atoms with E-state index in [0.29, 0.717) is 41.2 Å². The molecule has 3 aromatic rings. The number of para-hydroxylation sites is 3. The molecule has 0 aliphatic carbocycles. The number of nitrogens with one attached hydrogen (secondary N) is 2. The van der Waals surface area contributed by atoms with Crippen molar-refractivity contribution in [1.29, 1.82) is 0 Å². The minimum absolute atomic E-state index is 0.0938. The smallest absolute Gasteiger partial charge is 0.412 e. The molecule has 194 valence electrons. The number of phenolic OH excluding ortho intramolecular Hbond substituents is 1. The first kappa shape index (κ1) is 27.1. The SMILES string of the molecule is COc1ccc([C@H](OC(=O)Nc2ccccc2)[C@H](CC/C=C/C(=O)Nc2ccccc2N)OC)cc1O. The van der Waals surface area contributed by atoms with Crippen molar-refractivity contribution in [3.8, 4) is 11.5 Å². The molecule has 5 N–H and O–H groups in total. The van der Waals surface area contributed by atoms with Crippen molar-refractivity contribution < 1.29 is 28.9 Å². The standard InChI is InChI=1S/C28H31N3O6/c1-35-24-17-16-19(18-23(24)32)27(37-28(34)30-20-10-4-3-5-11-20)25(36-2)14-8-9-15-26(33)31-22-13-7-6-12-21(22)29/h3-7,9-13,15-18,25,27,32H,8,14,29H2,1-2H3,(H,30,34)(H,31,33)/b15-9+/t25-,27-/m0/s1. The summed E-state index contributed by atoms with van der Waals surface area (Å²) in [7, 11) is 2.96. The number of hydrogen-bond donors (Lipinski definition) is 4. The van der Waals surface area contributed by atoms with Gasteiger partial charge < -0.3 is 30.4 Å². The monoisotopic (exact) mass is 505 g/mol. The molecular weight excluding hydrogens is 474 g/mol. The first-order valence-electron chi connectivity index (χ1n) is 11.7. The molecule has 0 aliphatic rings. The van der Waals surface area contributed by atoms with Gasteiger partial charge in [-0.05, 0) is 60.9 Å². The molecule has 37 heavy (non-hydrogen) atoms. The van der Waals surface area contributed by atoms with Crippen LogP contribution in [0.4, 0.5) is 21.9 Å². The second-order valence-corrected chi connectivity index (χ2v) is 8.08. The molecule has 0 spiro atoms. The third-order valence-electron chi connectivity index (χ3n) is 5.53. The summed E-state index contributed by atoms with van der Waals surface area (Å²) in [6.07, 6.45) is 1.89. The lowest BCUT2D eigenvalue weighted by molar-refractivity contribution is -0.111. The molecule has 2 amide bonds. The number of carbonyl (C=O) groups excluding carboxylic acids is 2. The van der Waals surface area contributed by atoms with E-state index in [0.717, 1.165) is 0 Å². The number of anilines is 3. The number of nitrogen functional groups attached to an aromatic ring is 1. The minimum atomic E-state index is -0.850. The quantitative estimate of drug-likeness (QED) is 0.206. The summed E-state index contributed by atoms with van der Waals surface area (Å²) < 4.78 is 16.5. The van der Waals surface area contributed by atoms with Gasteiger partial charge in [0.1, 0.15) is 0 Å². The molecule has 0 radical (unpaired) electrons. The molecule has 3 aromatic carbocycles. The Kier molecular flexibility index (Phi) is 9.92. The molecule has 0 saturated heterocycles. The summed E-state index contributed by atoms with van der Waals surface area (Å²) >= 11 is 0. The molecule has 9 nitrogen and oxygen atoms in total.